The maximum atomic E-state index is 11.8. The molecule has 4 rings (SSSR count). The number of pyridine rings is 1. The quantitative estimate of drug-likeness (QED) is 0.668. The monoisotopic (exact) mass is 412 g/mol. The summed E-state index contributed by atoms with van der Waals surface area (Å²) >= 11 is 0. The van der Waals surface area contributed by atoms with E-state index < -0.39 is 0 Å². The first-order chi connectivity index (χ1) is 13.7. The highest BCUT2D eigenvalue weighted by Crippen LogP contribution is 2.35. The SMILES string of the molecule is CCC(=O)N1CCC(Oc2ccc(-c3ccc4cccnc4c3O)cc2)CC1.Cl. The number of aromatic hydroxyl groups is 1. The van der Waals surface area contributed by atoms with Crippen molar-refractivity contribution < 1.29 is 14.6 Å². The number of benzene rings is 2. The topological polar surface area (TPSA) is 62.7 Å². The summed E-state index contributed by atoms with van der Waals surface area (Å²) in [4.78, 5) is 18.0. The molecular weight excluding hydrogens is 388 g/mol. The smallest absolute Gasteiger partial charge is 0.222 e. The van der Waals surface area contributed by atoms with Gasteiger partial charge in [0, 0.05) is 49.5 Å². The summed E-state index contributed by atoms with van der Waals surface area (Å²) in [5, 5.41) is 11.5. The number of aromatic nitrogens is 1. The van der Waals surface area contributed by atoms with Gasteiger partial charge in [-0.2, -0.15) is 0 Å². The van der Waals surface area contributed by atoms with E-state index in [0.29, 0.717) is 11.9 Å². The molecule has 0 saturated carbocycles. The fraction of sp³-hybridized carbons (Fsp3) is 0.304. The molecule has 1 fully saturated rings. The van der Waals surface area contributed by atoms with Crippen LogP contribution in [0.2, 0.25) is 0 Å². The molecule has 0 atom stereocenters. The summed E-state index contributed by atoms with van der Waals surface area (Å²) in [5.74, 6) is 1.22. The molecule has 1 N–H and O–H groups in total. The highest BCUT2D eigenvalue weighted by atomic mass is 35.5. The van der Waals surface area contributed by atoms with Crippen LogP contribution in [0.4, 0.5) is 0 Å². The third-order valence-corrected chi connectivity index (χ3v) is 5.31. The van der Waals surface area contributed by atoms with E-state index in [4.69, 9.17) is 4.74 Å². The molecule has 2 heterocycles. The van der Waals surface area contributed by atoms with Crippen molar-refractivity contribution in [3.8, 4) is 22.6 Å². The normalized spacial score (nSPS) is 14.4. The van der Waals surface area contributed by atoms with E-state index in [-0.39, 0.29) is 30.2 Å². The van der Waals surface area contributed by atoms with E-state index in [0.717, 1.165) is 48.2 Å². The number of hydrogen-bond donors (Lipinski definition) is 1. The van der Waals surface area contributed by atoms with Gasteiger partial charge in [0.05, 0.1) is 0 Å². The van der Waals surface area contributed by atoms with E-state index in [1.165, 1.54) is 0 Å². The molecule has 0 radical (unpaired) electrons. The number of hydrogen-bond acceptors (Lipinski definition) is 4. The lowest BCUT2D eigenvalue weighted by molar-refractivity contribution is -0.132. The van der Waals surface area contributed by atoms with Gasteiger partial charge in [-0.15, -0.1) is 12.4 Å². The summed E-state index contributed by atoms with van der Waals surface area (Å²) in [6.45, 7) is 3.41. The van der Waals surface area contributed by atoms with Crippen LogP contribution in [0.3, 0.4) is 0 Å². The third kappa shape index (κ3) is 4.46. The molecule has 1 aliphatic rings. The second-order valence-electron chi connectivity index (χ2n) is 7.11. The van der Waals surface area contributed by atoms with Gasteiger partial charge in [-0.1, -0.05) is 31.2 Å². The molecule has 5 nitrogen and oxygen atoms in total. The largest absolute Gasteiger partial charge is 0.505 e. The van der Waals surface area contributed by atoms with E-state index in [2.05, 4.69) is 4.98 Å². The Morgan fingerprint density at radius 2 is 1.86 bits per heavy atom. The van der Waals surface area contributed by atoms with E-state index >= 15 is 0 Å². The van der Waals surface area contributed by atoms with Crippen molar-refractivity contribution in [2.45, 2.75) is 32.3 Å². The first-order valence-electron chi connectivity index (χ1n) is 9.77. The number of piperidine rings is 1. The second kappa shape index (κ2) is 9.14. The molecule has 1 aliphatic heterocycles. The number of phenolic OH excluding ortho intramolecular Hbond substituents is 1. The molecule has 0 unspecified atom stereocenters. The van der Waals surface area contributed by atoms with Crippen molar-refractivity contribution in [3.63, 3.8) is 0 Å². The van der Waals surface area contributed by atoms with Crippen LogP contribution in [0.1, 0.15) is 26.2 Å². The van der Waals surface area contributed by atoms with E-state index in [1.807, 2.05) is 60.4 Å². The van der Waals surface area contributed by atoms with Crippen LogP contribution in [0.5, 0.6) is 11.5 Å². The Morgan fingerprint density at radius 3 is 2.55 bits per heavy atom. The number of carbonyl (C=O) groups is 1. The van der Waals surface area contributed by atoms with Gasteiger partial charge in [-0.25, -0.2) is 0 Å². The summed E-state index contributed by atoms with van der Waals surface area (Å²) in [6.07, 6.45) is 4.08. The van der Waals surface area contributed by atoms with Crippen LogP contribution in [0.15, 0.2) is 54.7 Å². The number of halogens is 1. The van der Waals surface area contributed by atoms with Crippen molar-refractivity contribution in [3.05, 3.63) is 54.7 Å². The van der Waals surface area contributed by atoms with E-state index in [1.54, 1.807) is 6.20 Å². The first-order valence-corrected chi connectivity index (χ1v) is 9.77. The van der Waals surface area contributed by atoms with Crippen molar-refractivity contribution >= 4 is 29.2 Å². The summed E-state index contributed by atoms with van der Waals surface area (Å²) in [7, 11) is 0. The molecule has 6 heteroatoms. The second-order valence-corrected chi connectivity index (χ2v) is 7.11. The lowest BCUT2D eigenvalue weighted by Gasteiger charge is -2.32. The number of rotatable bonds is 4. The molecule has 1 saturated heterocycles. The van der Waals surface area contributed by atoms with Crippen molar-refractivity contribution in [2.24, 2.45) is 0 Å². The summed E-state index contributed by atoms with van der Waals surface area (Å²) in [5.41, 5.74) is 2.28. The minimum atomic E-state index is 0. The molecule has 3 aromatic rings. The van der Waals surface area contributed by atoms with Crippen LogP contribution >= 0.6 is 12.4 Å². The number of phenols is 1. The Morgan fingerprint density at radius 1 is 1.14 bits per heavy atom. The summed E-state index contributed by atoms with van der Waals surface area (Å²) in [6, 6.07) is 15.4. The van der Waals surface area contributed by atoms with Gasteiger partial charge in [0.25, 0.3) is 0 Å². The molecular formula is C23H25ClN2O3. The van der Waals surface area contributed by atoms with Gasteiger partial charge >= 0.3 is 0 Å². The van der Waals surface area contributed by atoms with Crippen LogP contribution < -0.4 is 4.74 Å². The average Bonchev–Trinajstić information content (AvgIpc) is 2.75. The van der Waals surface area contributed by atoms with Gasteiger partial charge in [-0.3, -0.25) is 9.78 Å². The number of fused-ring (bicyclic) bond motifs is 1. The third-order valence-electron chi connectivity index (χ3n) is 5.31. The number of likely N-dealkylation sites (tertiary alicyclic amines) is 1. The zero-order chi connectivity index (χ0) is 19.5. The Bertz CT molecular complexity index is 983. The Kier molecular flexibility index (Phi) is 6.60. The van der Waals surface area contributed by atoms with Gasteiger partial charge < -0.3 is 14.7 Å². The molecule has 0 spiro atoms. The molecule has 1 amide bonds. The predicted molar refractivity (Wildman–Crippen MR) is 117 cm³/mol. The molecule has 0 bridgehead atoms. The Balaban J connectivity index is 0.00000240. The van der Waals surface area contributed by atoms with Gasteiger partial charge in [0.1, 0.15) is 23.1 Å². The maximum absolute atomic E-state index is 11.8. The number of ether oxygens (including phenoxy) is 1. The van der Waals surface area contributed by atoms with Crippen molar-refractivity contribution in [2.75, 3.05) is 13.1 Å². The van der Waals surface area contributed by atoms with Crippen LogP contribution in [0, 0.1) is 0 Å². The van der Waals surface area contributed by atoms with Gasteiger partial charge in [-0.05, 0) is 29.8 Å². The van der Waals surface area contributed by atoms with Crippen LogP contribution in [0.25, 0.3) is 22.0 Å². The Labute approximate surface area is 176 Å². The fourth-order valence-corrected chi connectivity index (χ4v) is 3.71. The Hall–Kier alpha value is -2.79. The lowest BCUT2D eigenvalue weighted by atomic mass is 10.0. The maximum Gasteiger partial charge on any atom is 0.222 e. The zero-order valence-corrected chi connectivity index (χ0v) is 17.2. The fourth-order valence-electron chi connectivity index (χ4n) is 3.71. The van der Waals surface area contributed by atoms with E-state index in [9.17, 15) is 9.90 Å². The highest BCUT2D eigenvalue weighted by Gasteiger charge is 2.23. The van der Waals surface area contributed by atoms with Crippen LogP contribution in [-0.4, -0.2) is 40.1 Å². The van der Waals surface area contributed by atoms with Crippen LogP contribution in [-0.2, 0) is 4.79 Å². The van der Waals surface area contributed by atoms with Gasteiger partial charge in [0.15, 0.2) is 0 Å². The summed E-state index contributed by atoms with van der Waals surface area (Å²) < 4.78 is 6.10. The molecule has 1 aromatic heterocycles. The number of carbonyl (C=O) groups excluding carboxylic acids is 1. The first kappa shape index (κ1) is 20.9. The zero-order valence-electron chi connectivity index (χ0n) is 16.4. The van der Waals surface area contributed by atoms with Crippen molar-refractivity contribution in [1.82, 2.24) is 9.88 Å². The highest BCUT2D eigenvalue weighted by molar-refractivity contribution is 5.91. The standard InChI is InChI=1S/C23H24N2O3.ClH/c1-2-21(26)25-14-11-19(12-15-25)28-18-8-5-16(6-9-18)20-10-7-17-4-3-13-24-22(17)23(20)27;/h3-10,13,19,27H,2,11-12,14-15H2,1H3;1H. The lowest BCUT2D eigenvalue weighted by Crippen LogP contribution is -2.41. The van der Waals surface area contributed by atoms with Crippen molar-refractivity contribution in [1.29, 1.82) is 0 Å². The minimum absolute atomic E-state index is 0. The average molecular weight is 413 g/mol. The predicted octanol–water partition coefficient (Wildman–Crippen LogP) is 4.81. The molecule has 0 aliphatic carbocycles. The molecule has 2 aromatic carbocycles. The molecule has 152 valence electrons. The number of nitrogens with zero attached hydrogens (tertiary/aromatic N) is 2. The minimum Gasteiger partial charge on any atom is -0.505 e. The molecule has 29 heavy (non-hydrogen) atoms. The van der Waals surface area contributed by atoms with Gasteiger partial charge in [0.2, 0.25) is 5.91 Å². The number of amides is 1.